The Morgan fingerprint density at radius 3 is 2.59 bits per heavy atom. The largest absolute Gasteiger partial charge is 0.366 e. The molecule has 0 aliphatic carbocycles. The summed E-state index contributed by atoms with van der Waals surface area (Å²) < 4.78 is 6.00. The molecule has 1 aromatic carbocycles. The van der Waals surface area contributed by atoms with Crippen LogP contribution in [0.1, 0.15) is 30.0 Å². The van der Waals surface area contributed by atoms with Gasteiger partial charge in [-0.2, -0.15) is 0 Å². The van der Waals surface area contributed by atoms with E-state index < -0.39 is 0 Å². The number of hydrogen-bond acceptors (Lipinski definition) is 5. The quantitative estimate of drug-likeness (QED) is 0.682. The van der Waals surface area contributed by atoms with E-state index >= 15 is 0 Å². The van der Waals surface area contributed by atoms with Crippen LogP contribution in [0.2, 0.25) is 0 Å². The minimum absolute atomic E-state index is 0.0323. The number of ether oxygens (including phenoxy) is 1. The summed E-state index contributed by atoms with van der Waals surface area (Å²) in [6.07, 6.45) is 2.60. The van der Waals surface area contributed by atoms with Crippen molar-refractivity contribution in [2.45, 2.75) is 26.1 Å². The molecule has 112 valence electrons. The van der Waals surface area contributed by atoms with Crippen molar-refractivity contribution in [1.82, 2.24) is 15.2 Å². The fourth-order valence-corrected chi connectivity index (χ4v) is 3.05. The third-order valence-electron chi connectivity index (χ3n) is 3.26. The van der Waals surface area contributed by atoms with E-state index in [9.17, 15) is 0 Å². The Labute approximate surface area is 133 Å². The first kappa shape index (κ1) is 14.8. The highest BCUT2D eigenvalue weighted by Gasteiger charge is 2.17. The molecule has 0 radical (unpaired) electrons. The normalized spacial score (nSPS) is 12.2. The molecule has 0 saturated heterocycles. The maximum absolute atomic E-state index is 6.00. The minimum Gasteiger partial charge on any atom is -0.366 e. The van der Waals surface area contributed by atoms with Gasteiger partial charge in [0.05, 0.1) is 6.61 Å². The zero-order valence-corrected chi connectivity index (χ0v) is 13.2. The minimum atomic E-state index is -0.0323. The number of aromatic nitrogens is 3. The number of rotatable bonds is 6. The lowest BCUT2D eigenvalue weighted by atomic mass is 10.2. The standard InChI is InChI=1S/C17H17N3OS/c1-2-15(21-12-13-8-4-3-5-9-13)17-20-19-16(22-17)14-10-6-7-11-18-14/h3-11,15H,2,12H2,1H3. The molecule has 0 amide bonds. The summed E-state index contributed by atoms with van der Waals surface area (Å²) in [5.41, 5.74) is 2.01. The molecule has 0 fully saturated rings. The van der Waals surface area contributed by atoms with Crippen LogP contribution in [-0.4, -0.2) is 15.2 Å². The summed E-state index contributed by atoms with van der Waals surface area (Å²) in [6, 6.07) is 15.9. The Kier molecular flexibility index (Phi) is 4.88. The molecule has 2 aromatic heterocycles. The van der Waals surface area contributed by atoms with Gasteiger partial charge in [-0.3, -0.25) is 4.98 Å². The maximum atomic E-state index is 6.00. The number of pyridine rings is 1. The van der Waals surface area contributed by atoms with E-state index in [0.29, 0.717) is 6.61 Å². The van der Waals surface area contributed by atoms with Crippen molar-refractivity contribution in [1.29, 1.82) is 0 Å². The first-order chi connectivity index (χ1) is 10.9. The zero-order valence-electron chi connectivity index (χ0n) is 12.3. The van der Waals surface area contributed by atoms with Crippen LogP contribution in [0.5, 0.6) is 0 Å². The fourth-order valence-electron chi connectivity index (χ4n) is 2.09. The zero-order chi connectivity index (χ0) is 15.2. The van der Waals surface area contributed by atoms with Crippen LogP contribution in [0, 0.1) is 0 Å². The average molecular weight is 311 g/mol. The summed E-state index contributed by atoms with van der Waals surface area (Å²) in [7, 11) is 0. The van der Waals surface area contributed by atoms with Gasteiger partial charge >= 0.3 is 0 Å². The van der Waals surface area contributed by atoms with Gasteiger partial charge in [-0.15, -0.1) is 10.2 Å². The van der Waals surface area contributed by atoms with E-state index in [1.807, 2.05) is 36.4 Å². The Balaban J connectivity index is 1.70. The lowest BCUT2D eigenvalue weighted by Gasteiger charge is -2.12. The molecule has 0 spiro atoms. The predicted molar refractivity (Wildman–Crippen MR) is 87.4 cm³/mol. The molecule has 0 bridgehead atoms. The molecule has 1 atom stereocenters. The van der Waals surface area contributed by atoms with Crippen molar-refractivity contribution in [2.24, 2.45) is 0 Å². The smallest absolute Gasteiger partial charge is 0.166 e. The summed E-state index contributed by atoms with van der Waals surface area (Å²) in [5, 5.41) is 10.2. The summed E-state index contributed by atoms with van der Waals surface area (Å²) in [5.74, 6) is 0. The topological polar surface area (TPSA) is 47.9 Å². The van der Waals surface area contributed by atoms with E-state index in [0.717, 1.165) is 27.7 Å². The first-order valence-electron chi connectivity index (χ1n) is 7.27. The van der Waals surface area contributed by atoms with E-state index in [2.05, 4.69) is 34.2 Å². The summed E-state index contributed by atoms with van der Waals surface area (Å²) >= 11 is 1.54. The van der Waals surface area contributed by atoms with Crippen molar-refractivity contribution >= 4 is 11.3 Å². The lowest BCUT2D eigenvalue weighted by molar-refractivity contribution is 0.0366. The highest BCUT2D eigenvalue weighted by Crippen LogP contribution is 2.29. The SMILES string of the molecule is CCC(OCc1ccccc1)c1nnc(-c2ccccn2)s1. The van der Waals surface area contributed by atoms with E-state index in [1.54, 1.807) is 17.5 Å². The van der Waals surface area contributed by atoms with Crippen LogP contribution >= 0.6 is 11.3 Å². The molecule has 0 aliphatic rings. The van der Waals surface area contributed by atoms with Crippen molar-refractivity contribution in [3.05, 3.63) is 65.3 Å². The first-order valence-corrected chi connectivity index (χ1v) is 8.09. The lowest BCUT2D eigenvalue weighted by Crippen LogP contribution is -2.03. The molecule has 0 N–H and O–H groups in total. The van der Waals surface area contributed by atoms with E-state index in [1.165, 1.54) is 0 Å². The second-order valence-corrected chi connectivity index (χ2v) is 5.86. The molecule has 2 heterocycles. The second kappa shape index (κ2) is 7.24. The van der Waals surface area contributed by atoms with Crippen LogP contribution in [0.25, 0.3) is 10.7 Å². The number of benzene rings is 1. The molecular formula is C17H17N3OS. The summed E-state index contributed by atoms with van der Waals surface area (Å²) in [6.45, 7) is 2.68. The van der Waals surface area contributed by atoms with Gasteiger partial charge in [0.15, 0.2) is 5.01 Å². The van der Waals surface area contributed by atoms with Crippen LogP contribution in [0.15, 0.2) is 54.7 Å². The summed E-state index contributed by atoms with van der Waals surface area (Å²) in [4.78, 5) is 4.31. The molecule has 3 aromatic rings. The van der Waals surface area contributed by atoms with Crippen molar-refractivity contribution in [2.75, 3.05) is 0 Å². The maximum Gasteiger partial charge on any atom is 0.166 e. The van der Waals surface area contributed by atoms with Gasteiger partial charge < -0.3 is 4.74 Å². The predicted octanol–water partition coefficient (Wildman–Crippen LogP) is 4.27. The van der Waals surface area contributed by atoms with Crippen LogP contribution < -0.4 is 0 Å². The van der Waals surface area contributed by atoms with E-state index in [4.69, 9.17) is 4.74 Å². The molecule has 22 heavy (non-hydrogen) atoms. The molecule has 4 nitrogen and oxygen atoms in total. The third-order valence-corrected chi connectivity index (χ3v) is 4.30. The van der Waals surface area contributed by atoms with Gasteiger partial charge in [0.1, 0.15) is 16.8 Å². The van der Waals surface area contributed by atoms with Gasteiger partial charge in [0.25, 0.3) is 0 Å². The molecular weight excluding hydrogens is 294 g/mol. The Morgan fingerprint density at radius 2 is 1.86 bits per heavy atom. The van der Waals surface area contributed by atoms with Crippen molar-refractivity contribution in [3.8, 4) is 10.7 Å². The van der Waals surface area contributed by atoms with Crippen LogP contribution in [-0.2, 0) is 11.3 Å². The average Bonchev–Trinajstić information content (AvgIpc) is 3.07. The van der Waals surface area contributed by atoms with Crippen molar-refractivity contribution in [3.63, 3.8) is 0 Å². The van der Waals surface area contributed by atoms with Gasteiger partial charge in [-0.05, 0) is 24.1 Å². The van der Waals surface area contributed by atoms with Gasteiger partial charge in [0.2, 0.25) is 0 Å². The fraction of sp³-hybridized carbons (Fsp3) is 0.235. The Morgan fingerprint density at radius 1 is 1.05 bits per heavy atom. The Hall–Kier alpha value is -2.11. The molecule has 3 rings (SSSR count). The molecule has 5 heteroatoms. The van der Waals surface area contributed by atoms with Gasteiger partial charge in [-0.1, -0.05) is 54.7 Å². The highest BCUT2D eigenvalue weighted by molar-refractivity contribution is 7.14. The van der Waals surface area contributed by atoms with Gasteiger partial charge in [0, 0.05) is 6.20 Å². The van der Waals surface area contributed by atoms with Crippen LogP contribution in [0.4, 0.5) is 0 Å². The number of nitrogens with zero attached hydrogens (tertiary/aromatic N) is 3. The van der Waals surface area contributed by atoms with E-state index in [-0.39, 0.29) is 6.10 Å². The molecule has 1 unspecified atom stereocenters. The molecule has 0 aliphatic heterocycles. The highest BCUT2D eigenvalue weighted by atomic mass is 32.1. The Bertz CT molecular complexity index is 700. The van der Waals surface area contributed by atoms with Crippen LogP contribution in [0.3, 0.4) is 0 Å². The second-order valence-electron chi connectivity index (χ2n) is 4.85. The monoisotopic (exact) mass is 311 g/mol. The third kappa shape index (κ3) is 3.55. The molecule has 0 saturated carbocycles. The van der Waals surface area contributed by atoms with Crippen molar-refractivity contribution < 1.29 is 4.74 Å². The number of hydrogen-bond donors (Lipinski definition) is 0. The van der Waals surface area contributed by atoms with Gasteiger partial charge in [-0.25, -0.2) is 0 Å².